The van der Waals surface area contributed by atoms with Gasteiger partial charge in [0.15, 0.2) is 15.5 Å². The zero-order chi connectivity index (χ0) is 22.8. The van der Waals surface area contributed by atoms with Gasteiger partial charge in [-0.25, -0.2) is 13.4 Å². The van der Waals surface area contributed by atoms with Crippen LogP contribution in [-0.4, -0.2) is 32.5 Å². The third-order valence-corrected chi connectivity index (χ3v) is 7.13. The van der Waals surface area contributed by atoms with E-state index < -0.39 is 27.6 Å². The molecule has 0 bridgehead atoms. The normalized spacial score (nSPS) is 13.4. The van der Waals surface area contributed by atoms with Crippen LogP contribution in [0.1, 0.15) is 14.5 Å². The Morgan fingerprint density at radius 2 is 1.84 bits per heavy atom. The van der Waals surface area contributed by atoms with Crippen LogP contribution in [0.15, 0.2) is 69.9 Å². The van der Waals surface area contributed by atoms with E-state index in [9.17, 15) is 26.4 Å². The van der Waals surface area contributed by atoms with Crippen molar-refractivity contribution in [2.75, 3.05) is 6.26 Å². The number of sulfone groups is 1. The molecule has 0 aliphatic rings. The maximum Gasteiger partial charge on any atom is 0.433 e. The van der Waals surface area contributed by atoms with Crippen molar-refractivity contribution >= 4 is 49.8 Å². The molecule has 2 heterocycles. The molecule has 0 atom stereocenters. The summed E-state index contributed by atoms with van der Waals surface area (Å²) in [5.41, 5.74) is 4.83. The lowest BCUT2D eigenvalue weighted by Crippen LogP contribution is -2.23. The van der Waals surface area contributed by atoms with E-state index in [-0.39, 0.29) is 15.5 Å². The summed E-state index contributed by atoms with van der Waals surface area (Å²) in [5, 5.41) is 1.56. The number of carbonyl (C=O) groups excluding carboxylic acids is 1. The number of benzene rings is 1. The number of hydrogen-bond donors (Lipinski definition) is 1. The third kappa shape index (κ3) is 5.69. The Kier molecular flexibility index (Phi) is 6.48. The van der Waals surface area contributed by atoms with Gasteiger partial charge in [-0.3, -0.25) is 4.79 Å². The van der Waals surface area contributed by atoms with Crippen LogP contribution in [0.3, 0.4) is 0 Å². The van der Waals surface area contributed by atoms with E-state index in [0.717, 1.165) is 28.9 Å². The maximum atomic E-state index is 13.4. The molecule has 2 N–H and O–H groups in total. The van der Waals surface area contributed by atoms with Gasteiger partial charge in [0.05, 0.1) is 20.3 Å². The van der Waals surface area contributed by atoms with Crippen molar-refractivity contribution in [3.63, 3.8) is 0 Å². The quantitative estimate of drug-likeness (QED) is 0.515. The van der Waals surface area contributed by atoms with Gasteiger partial charge in [0.25, 0.3) is 5.91 Å². The molecule has 1 amide bonds. The van der Waals surface area contributed by atoms with Gasteiger partial charge >= 0.3 is 6.18 Å². The van der Waals surface area contributed by atoms with E-state index in [1.165, 1.54) is 30.3 Å². The Hall–Kier alpha value is -2.76. The average molecular weight is 485 g/mol. The van der Waals surface area contributed by atoms with Crippen LogP contribution < -0.4 is 5.73 Å². The van der Waals surface area contributed by atoms with Crippen LogP contribution in [-0.2, 0) is 9.84 Å². The van der Waals surface area contributed by atoms with E-state index in [0.29, 0.717) is 21.4 Å². The lowest BCUT2D eigenvalue weighted by atomic mass is 10.2. The second-order valence-corrected chi connectivity index (χ2v) is 10.4. The summed E-state index contributed by atoms with van der Waals surface area (Å²) in [6.45, 7) is 0. The summed E-state index contributed by atoms with van der Waals surface area (Å²) in [7, 11) is -3.41. The standard InChI is InChI=1S/C20H15F3N2O3S3/c1-31(27,28)13-5-2-4-12(10-13)15-7-8-16(30-15)14(24)11-18(20(21,22)23)25-19(26)17-6-3-9-29-17/h2-11H,24H2,1H3. The fraction of sp³-hybridized carbons (Fsp3) is 0.100. The van der Waals surface area contributed by atoms with Gasteiger partial charge in [-0.05, 0) is 47.4 Å². The van der Waals surface area contributed by atoms with Gasteiger partial charge in [-0.2, -0.15) is 13.2 Å². The molecule has 0 aliphatic heterocycles. The van der Waals surface area contributed by atoms with Gasteiger partial charge < -0.3 is 5.73 Å². The van der Waals surface area contributed by atoms with Crippen LogP contribution in [0.25, 0.3) is 16.1 Å². The molecule has 11 heteroatoms. The first-order chi connectivity index (χ1) is 14.4. The number of nitrogens with zero attached hydrogens (tertiary/aromatic N) is 1. The van der Waals surface area contributed by atoms with Crippen molar-refractivity contribution in [2.45, 2.75) is 11.1 Å². The fourth-order valence-corrected chi connectivity index (χ4v) is 4.69. The molecular formula is C20H15F3N2O3S3. The molecule has 0 saturated heterocycles. The smallest absolute Gasteiger partial charge is 0.398 e. The Labute approximate surface area is 184 Å². The number of hydrogen-bond acceptors (Lipinski definition) is 6. The molecular weight excluding hydrogens is 469 g/mol. The number of nitrogens with two attached hydrogens (primary N) is 1. The average Bonchev–Trinajstić information content (AvgIpc) is 3.38. The van der Waals surface area contributed by atoms with Crippen molar-refractivity contribution in [1.29, 1.82) is 0 Å². The van der Waals surface area contributed by atoms with Crippen molar-refractivity contribution in [3.05, 3.63) is 69.7 Å². The van der Waals surface area contributed by atoms with Crippen LogP contribution in [0.4, 0.5) is 13.2 Å². The van der Waals surface area contributed by atoms with E-state index in [1.54, 1.807) is 23.6 Å². The first kappa shape index (κ1) is 22.9. The first-order valence-electron chi connectivity index (χ1n) is 8.57. The summed E-state index contributed by atoms with van der Waals surface area (Å²) >= 11 is 2.08. The van der Waals surface area contributed by atoms with Crippen molar-refractivity contribution in [3.8, 4) is 10.4 Å². The number of alkyl halides is 3. The molecule has 0 radical (unpaired) electrons. The van der Waals surface area contributed by atoms with E-state index in [2.05, 4.69) is 4.99 Å². The van der Waals surface area contributed by atoms with E-state index >= 15 is 0 Å². The Morgan fingerprint density at radius 3 is 2.45 bits per heavy atom. The lowest BCUT2D eigenvalue weighted by Gasteiger charge is -2.07. The largest absolute Gasteiger partial charge is 0.433 e. The minimum Gasteiger partial charge on any atom is -0.398 e. The zero-order valence-electron chi connectivity index (χ0n) is 15.9. The maximum absolute atomic E-state index is 13.4. The molecule has 0 spiro atoms. The van der Waals surface area contributed by atoms with Crippen molar-refractivity contribution < 1.29 is 26.4 Å². The molecule has 0 unspecified atom stereocenters. The molecule has 0 aliphatic carbocycles. The topological polar surface area (TPSA) is 89.6 Å². The number of halogens is 3. The number of amides is 1. The van der Waals surface area contributed by atoms with E-state index in [4.69, 9.17) is 5.73 Å². The Balaban J connectivity index is 1.94. The molecule has 3 aromatic rings. The number of rotatable bonds is 5. The Morgan fingerprint density at radius 1 is 1.10 bits per heavy atom. The van der Waals surface area contributed by atoms with Crippen LogP contribution in [0, 0.1) is 0 Å². The minimum atomic E-state index is -4.87. The number of thiophene rings is 2. The molecule has 2 aromatic heterocycles. The molecule has 0 fully saturated rings. The molecule has 5 nitrogen and oxygen atoms in total. The highest BCUT2D eigenvalue weighted by molar-refractivity contribution is 7.90. The van der Waals surface area contributed by atoms with Crippen molar-refractivity contribution in [2.24, 2.45) is 10.7 Å². The summed E-state index contributed by atoms with van der Waals surface area (Å²) < 4.78 is 63.7. The second-order valence-electron chi connectivity index (χ2n) is 6.34. The van der Waals surface area contributed by atoms with Crippen molar-refractivity contribution in [1.82, 2.24) is 0 Å². The number of carbonyl (C=O) groups is 1. The molecule has 0 saturated carbocycles. The third-order valence-electron chi connectivity index (χ3n) is 3.97. The number of aliphatic imine (C=N–C) groups is 1. The van der Waals surface area contributed by atoms with Gasteiger partial charge in [-0.15, -0.1) is 22.7 Å². The molecule has 1 aromatic carbocycles. The summed E-state index contributed by atoms with van der Waals surface area (Å²) in [6, 6.07) is 12.3. The molecule has 162 valence electrons. The monoisotopic (exact) mass is 484 g/mol. The van der Waals surface area contributed by atoms with Gasteiger partial charge in [0, 0.05) is 11.1 Å². The molecule has 31 heavy (non-hydrogen) atoms. The highest BCUT2D eigenvalue weighted by atomic mass is 32.2. The lowest BCUT2D eigenvalue weighted by molar-refractivity contribution is -0.0577. The molecule has 3 rings (SSSR count). The predicted octanol–water partition coefficient (Wildman–Crippen LogP) is 5.02. The summed E-state index contributed by atoms with van der Waals surface area (Å²) in [5.74, 6) is -1.00. The minimum absolute atomic E-state index is 0.0814. The van der Waals surface area contributed by atoms with Crippen LogP contribution >= 0.6 is 22.7 Å². The fourth-order valence-electron chi connectivity index (χ4n) is 2.49. The predicted molar refractivity (Wildman–Crippen MR) is 117 cm³/mol. The highest BCUT2D eigenvalue weighted by Crippen LogP contribution is 2.32. The Bertz CT molecular complexity index is 1270. The van der Waals surface area contributed by atoms with Gasteiger partial charge in [0.1, 0.15) is 0 Å². The van der Waals surface area contributed by atoms with Crippen LogP contribution in [0.2, 0.25) is 0 Å². The second kappa shape index (κ2) is 8.77. The highest BCUT2D eigenvalue weighted by Gasteiger charge is 2.35. The van der Waals surface area contributed by atoms with Crippen LogP contribution in [0.5, 0.6) is 0 Å². The number of allylic oxidation sites excluding steroid dienone is 1. The van der Waals surface area contributed by atoms with E-state index in [1.807, 2.05) is 0 Å². The van der Waals surface area contributed by atoms with Gasteiger partial charge in [-0.1, -0.05) is 18.2 Å². The zero-order valence-corrected chi connectivity index (χ0v) is 18.3. The summed E-state index contributed by atoms with van der Waals surface area (Å²) in [4.78, 5) is 16.3. The SMILES string of the molecule is CS(=O)(=O)c1cccc(-c2ccc(C(N)=CC(=NC(=O)c3cccs3)C(F)(F)F)s2)c1. The first-order valence-corrected chi connectivity index (χ1v) is 12.2. The van der Waals surface area contributed by atoms with Gasteiger partial charge in [0.2, 0.25) is 0 Å². The summed E-state index contributed by atoms with van der Waals surface area (Å²) in [6.07, 6.45) is -3.17.